The molecule has 2 aromatic carbocycles. The third kappa shape index (κ3) is 9.75. The minimum atomic E-state index is -0.890. The first-order valence-corrected chi connectivity index (χ1v) is 23.0. The number of aromatic hydroxyl groups is 1. The number of phenolic OH excluding ortho intramolecular Hbond substituents is 1. The predicted octanol–water partition coefficient (Wildman–Crippen LogP) is 10.7. The number of hydrogen-bond donors (Lipinski definition) is 3. The molecule has 4 aliphatic rings. The normalized spacial score (nSPS) is 22.2. The number of aliphatic hydroxyl groups excluding tert-OH is 1. The molecule has 15 heteroatoms. The molecule has 0 radical (unpaired) electrons. The standard InChI is InChI=1S/C25H27N3O4.C14H15NO4.C13H18N2O.2CH4/c1-24(2)19-8-10-25(24,3)23-22(19)26-13-16(27-23)14-31-17-6-4-15(5-7-17)18(12-21(29)30)20-9-11-32-28-20;1-2-18-14(17)9-12(13-7-8-19-15-13)10-3-5-11(16)6-4-10;1-12(2)9-4-5-13(12,3)11-10(9)14-6-8(7-16)15-11;;/h4-7,9,11,13,18-19H,8,10,12,14H2,1-3H3,(H,29,30);3-8,12,16H,2,9H2,1H3;6,9,16H,4-5,7H2,1-3H3;2*1H4/t18-,19?,25?;12-;;;/m00.../s1. The van der Waals surface area contributed by atoms with Gasteiger partial charge in [-0.25, -0.2) is 0 Å². The number of benzene rings is 2. The summed E-state index contributed by atoms with van der Waals surface area (Å²) in [6.45, 7) is 16.4. The second-order valence-electron chi connectivity index (χ2n) is 19.6. The van der Waals surface area contributed by atoms with Gasteiger partial charge in [0.25, 0.3) is 0 Å². The van der Waals surface area contributed by atoms with Crippen molar-refractivity contribution in [2.45, 2.75) is 150 Å². The Hall–Kier alpha value is -6.48. The molecule has 0 amide bonds. The highest BCUT2D eigenvalue weighted by Crippen LogP contribution is 2.67. The third-order valence-electron chi connectivity index (χ3n) is 15.7. The van der Waals surface area contributed by atoms with Crippen molar-refractivity contribution in [2.24, 2.45) is 10.8 Å². The molecule has 10 rings (SSSR count). The Balaban J connectivity index is 0.000000181. The molecule has 4 aromatic heterocycles. The highest BCUT2D eigenvalue weighted by Gasteiger charge is 2.62. The number of phenols is 1. The van der Waals surface area contributed by atoms with E-state index in [4.69, 9.17) is 33.6 Å². The molecule has 69 heavy (non-hydrogen) atoms. The number of carbonyl (C=O) groups excluding carboxylic acids is 1. The van der Waals surface area contributed by atoms with Gasteiger partial charge in [0.2, 0.25) is 0 Å². The van der Waals surface area contributed by atoms with Crippen molar-refractivity contribution in [1.82, 2.24) is 30.2 Å². The number of esters is 1. The van der Waals surface area contributed by atoms with Gasteiger partial charge in [0.15, 0.2) is 0 Å². The predicted molar refractivity (Wildman–Crippen MR) is 259 cm³/mol. The van der Waals surface area contributed by atoms with Gasteiger partial charge in [-0.2, -0.15) is 0 Å². The van der Waals surface area contributed by atoms with Crippen LogP contribution in [0.5, 0.6) is 11.5 Å². The smallest absolute Gasteiger partial charge is 0.306 e. The molecule has 2 saturated carbocycles. The second-order valence-corrected chi connectivity index (χ2v) is 19.6. The van der Waals surface area contributed by atoms with Crippen LogP contribution >= 0.6 is 0 Å². The maximum atomic E-state index is 11.7. The number of aliphatic carboxylic acids is 1. The second kappa shape index (κ2) is 20.6. The quantitative estimate of drug-likeness (QED) is 0.0918. The lowest BCUT2D eigenvalue weighted by Crippen LogP contribution is -2.32. The summed E-state index contributed by atoms with van der Waals surface area (Å²) in [7, 11) is 0. The largest absolute Gasteiger partial charge is 0.508 e. The Kier molecular flexibility index (Phi) is 15.5. The van der Waals surface area contributed by atoms with E-state index in [1.54, 1.807) is 49.5 Å². The van der Waals surface area contributed by atoms with Crippen molar-refractivity contribution in [2.75, 3.05) is 6.61 Å². The van der Waals surface area contributed by atoms with E-state index in [1.165, 1.54) is 37.5 Å². The topological polar surface area (TPSA) is 217 Å². The van der Waals surface area contributed by atoms with E-state index in [1.807, 2.05) is 30.5 Å². The number of carboxylic acid groups (broad SMARTS) is 1. The molecule has 6 aromatic rings. The van der Waals surface area contributed by atoms with Crippen LogP contribution < -0.4 is 4.74 Å². The average Bonchev–Trinajstić information content (AvgIpc) is 4.17. The van der Waals surface area contributed by atoms with Crippen molar-refractivity contribution in [3.8, 4) is 11.5 Å². The number of hydrogen-bond acceptors (Lipinski definition) is 14. The fraction of sp³-hybridized carbons (Fsp3) is 0.481. The van der Waals surface area contributed by atoms with E-state index >= 15 is 0 Å². The van der Waals surface area contributed by atoms with Gasteiger partial charge in [0, 0.05) is 46.6 Å². The van der Waals surface area contributed by atoms with Gasteiger partial charge < -0.3 is 33.8 Å². The van der Waals surface area contributed by atoms with Crippen molar-refractivity contribution < 1.29 is 43.4 Å². The number of rotatable bonds is 13. The lowest BCUT2D eigenvalue weighted by Gasteiger charge is -2.34. The number of aliphatic hydroxyl groups is 1. The average molecular weight is 945 g/mol. The van der Waals surface area contributed by atoms with Crippen molar-refractivity contribution in [1.29, 1.82) is 0 Å². The Labute approximate surface area is 405 Å². The van der Waals surface area contributed by atoms with E-state index in [9.17, 15) is 19.8 Å². The lowest BCUT2D eigenvalue weighted by molar-refractivity contribution is -0.143. The van der Waals surface area contributed by atoms with Gasteiger partial charge >= 0.3 is 11.9 Å². The number of carboxylic acids is 1. The van der Waals surface area contributed by atoms with E-state index < -0.39 is 5.97 Å². The summed E-state index contributed by atoms with van der Waals surface area (Å²) in [5.41, 5.74) is 9.76. The fourth-order valence-corrected chi connectivity index (χ4v) is 11.0. The lowest BCUT2D eigenvalue weighted by atomic mass is 9.70. The van der Waals surface area contributed by atoms with Gasteiger partial charge in [0.1, 0.15) is 30.6 Å². The van der Waals surface area contributed by atoms with Gasteiger partial charge in [0.05, 0.1) is 84.0 Å². The monoisotopic (exact) mass is 945 g/mol. The molecule has 0 saturated heterocycles. The summed E-state index contributed by atoms with van der Waals surface area (Å²) < 4.78 is 20.7. The molecular formula is C54H68N6O9. The zero-order chi connectivity index (χ0) is 47.7. The Morgan fingerprint density at radius 3 is 1.65 bits per heavy atom. The summed E-state index contributed by atoms with van der Waals surface area (Å²) in [6, 6.07) is 17.5. The zero-order valence-electron chi connectivity index (χ0n) is 39.2. The van der Waals surface area contributed by atoms with E-state index in [-0.39, 0.29) is 79.5 Å². The Morgan fingerprint density at radius 1 is 0.710 bits per heavy atom. The first kappa shape index (κ1) is 51.9. The van der Waals surface area contributed by atoms with Crippen LogP contribution in [0.2, 0.25) is 0 Å². The summed E-state index contributed by atoms with van der Waals surface area (Å²) >= 11 is 0. The van der Waals surface area contributed by atoms with Crippen LogP contribution in [0, 0.1) is 10.8 Å². The Bertz CT molecular complexity index is 2670. The van der Waals surface area contributed by atoms with Crippen molar-refractivity contribution in [3.05, 3.63) is 142 Å². The van der Waals surface area contributed by atoms with Gasteiger partial charge in [-0.05, 0) is 78.8 Å². The van der Waals surface area contributed by atoms with Crippen LogP contribution in [-0.4, -0.2) is 64.1 Å². The summed E-state index contributed by atoms with van der Waals surface area (Å²) in [5, 5.41) is 35.5. The molecule has 2 fully saturated rings. The Morgan fingerprint density at radius 2 is 1.19 bits per heavy atom. The first-order chi connectivity index (χ1) is 32.0. The molecule has 4 unspecified atom stereocenters. The zero-order valence-corrected chi connectivity index (χ0v) is 39.2. The molecule has 6 atom stereocenters. The SMILES string of the molecule is C.C.CC12CCC(c3ncc(CO)nc31)C2(C)C.CC12CCC(c3ncc(COc4ccc([C@H](CC(=O)O)c5ccon5)cc4)nc31)C2(C)C.CCOC(=O)C[C@@H](c1ccc(O)cc1)c1ccon1. The summed E-state index contributed by atoms with van der Waals surface area (Å²) in [6.07, 6.45) is 11.4. The molecule has 15 nitrogen and oxygen atoms in total. The third-order valence-corrected chi connectivity index (χ3v) is 15.7. The van der Waals surface area contributed by atoms with Crippen LogP contribution in [0.1, 0.15) is 182 Å². The maximum absolute atomic E-state index is 11.7. The van der Waals surface area contributed by atoms with E-state index in [0.29, 0.717) is 47.9 Å². The van der Waals surface area contributed by atoms with Crippen LogP contribution in [0.25, 0.3) is 0 Å². The molecule has 4 bridgehead atoms. The van der Waals surface area contributed by atoms with E-state index in [0.717, 1.165) is 40.3 Å². The number of aromatic nitrogens is 6. The van der Waals surface area contributed by atoms with Crippen molar-refractivity contribution in [3.63, 3.8) is 0 Å². The van der Waals surface area contributed by atoms with Crippen LogP contribution in [-0.2, 0) is 38.4 Å². The molecule has 0 aliphatic heterocycles. The molecule has 4 heterocycles. The molecule has 0 spiro atoms. The summed E-state index contributed by atoms with van der Waals surface area (Å²) in [5.74, 6) is 0.120. The van der Waals surface area contributed by atoms with Crippen molar-refractivity contribution >= 4 is 11.9 Å². The van der Waals surface area contributed by atoms with Gasteiger partial charge in [-0.1, -0.05) is 91.0 Å². The first-order valence-electron chi connectivity index (χ1n) is 23.0. The van der Waals surface area contributed by atoms with Gasteiger partial charge in [-0.3, -0.25) is 29.5 Å². The number of nitrogens with zero attached hydrogens (tertiary/aromatic N) is 6. The number of carbonyl (C=O) groups is 2. The maximum Gasteiger partial charge on any atom is 0.306 e. The molecular weight excluding hydrogens is 877 g/mol. The summed E-state index contributed by atoms with van der Waals surface area (Å²) in [4.78, 5) is 41.8. The number of fused-ring (bicyclic) bond motifs is 10. The highest BCUT2D eigenvalue weighted by atomic mass is 16.5. The highest BCUT2D eigenvalue weighted by molar-refractivity contribution is 5.71. The fourth-order valence-electron chi connectivity index (χ4n) is 11.0. The van der Waals surface area contributed by atoms with Crippen LogP contribution in [0.3, 0.4) is 0 Å². The van der Waals surface area contributed by atoms with Crippen LogP contribution in [0.15, 0.2) is 94.6 Å². The molecule has 368 valence electrons. The molecule has 4 aliphatic carbocycles. The van der Waals surface area contributed by atoms with Crippen LogP contribution in [0.4, 0.5) is 0 Å². The minimum absolute atomic E-state index is 0. The molecule has 3 N–H and O–H groups in total. The minimum Gasteiger partial charge on any atom is -0.508 e. The van der Waals surface area contributed by atoms with Gasteiger partial charge in [-0.15, -0.1) is 0 Å². The number of ether oxygens (including phenoxy) is 2. The van der Waals surface area contributed by atoms with E-state index in [2.05, 4.69) is 61.8 Å².